The van der Waals surface area contributed by atoms with Gasteiger partial charge in [0.1, 0.15) is 29.3 Å². The molecule has 1 aliphatic rings. The minimum atomic E-state index is -1.03. The van der Waals surface area contributed by atoms with Crippen LogP contribution < -0.4 is 10.1 Å². The van der Waals surface area contributed by atoms with Gasteiger partial charge >= 0.3 is 5.97 Å². The van der Waals surface area contributed by atoms with Gasteiger partial charge in [-0.15, -0.1) is 11.3 Å². The molecule has 168 valence electrons. The number of carboxylic acids is 1. The molecule has 6 nitrogen and oxygen atoms in total. The minimum absolute atomic E-state index is 0.0321. The predicted octanol–water partition coefficient (Wildman–Crippen LogP) is 5.78. The number of fused-ring (bicyclic) bond motifs is 1. The maximum absolute atomic E-state index is 14.2. The van der Waals surface area contributed by atoms with Crippen molar-refractivity contribution in [2.75, 3.05) is 11.9 Å². The number of rotatable bonds is 8. The summed E-state index contributed by atoms with van der Waals surface area (Å²) in [5, 5.41) is 15.7. The second-order valence-corrected chi connectivity index (χ2v) is 8.96. The zero-order valence-electron chi connectivity index (χ0n) is 17.8. The van der Waals surface area contributed by atoms with Crippen LogP contribution >= 0.6 is 11.3 Å². The molecule has 0 atom stereocenters. The molecular formula is C25H22FN3O3S. The Morgan fingerprint density at radius 3 is 2.88 bits per heavy atom. The first-order chi connectivity index (χ1) is 16.1. The summed E-state index contributed by atoms with van der Waals surface area (Å²) < 4.78 is 21.0. The van der Waals surface area contributed by atoms with Crippen molar-refractivity contribution in [3.63, 3.8) is 0 Å². The lowest BCUT2D eigenvalue weighted by Crippen LogP contribution is -2.25. The van der Waals surface area contributed by atoms with Gasteiger partial charge in [-0.25, -0.2) is 19.2 Å². The summed E-state index contributed by atoms with van der Waals surface area (Å²) in [7, 11) is 0. The van der Waals surface area contributed by atoms with Crippen LogP contribution in [0.25, 0.3) is 21.3 Å². The number of thiophene rings is 1. The van der Waals surface area contributed by atoms with E-state index in [1.165, 1.54) is 17.7 Å². The van der Waals surface area contributed by atoms with E-state index in [9.17, 15) is 14.3 Å². The molecule has 8 heteroatoms. The van der Waals surface area contributed by atoms with E-state index in [4.69, 9.17) is 4.74 Å². The van der Waals surface area contributed by atoms with Crippen LogP contribution in [0, 0.1) is 5.82 Å². The molecule has 5 rings (SSSR count). The smallest absolute Gasteiger partial charge is 0.339 e. The lowest BCUT2D eigenvalue weighted by atomic mass is 9.95. The predicted molar refractivity (Wildman–Crippen MR) is 127 cm³/mol. The fourth-order valence-electron chi connectivity index (χ4n) is 3.87. The lowest BCUT2D eigenvalue weighted by molar-refractivity contribution is 0.0680. The number of anilines is 1. The van der Waals surface area contributed by atoms with Gasteiger partial charge < -0.3 is 15.2 Å². The number of aromatic carboxylic acids is 1. The Hall–Kier alpha value is -3.52. The van der Waals surface area contributed by atoms with Crippen LogP contribution in [0.5, 0.6) is 5.75 Å². The van der Waals surface area contributed by atoms with Crippen molar-refractivity contribution in [2.24, 2.45) is 0 Å². The first-order valence-electron chi connectivity index (χ1n) is 10.8. The Morgan fingerprint density at radius 1 is 1.21 bits per heavy atom. The van der Waals surface area contributed by atoms with Crippen molar-refractivity contribution in [1.29, 1.82) is 0 Å². The average molecular weight is 464 g/mol. The minimum Gasteiger partial charge on any atom is -0.489 e. The number of carbonyl (C=O) groups is 1. The zero-order chi connectivity index (χ0) is 22.8. The SMILES string of the molecule is O=C(O)c1cccc(-c2cc(NCCc3cc(F)c4sccc4c3)ncn2)c1OC1CCC1. The van der Waals surface area contributed by atoms with Crippen LogP contribution in [0.3, 0.4) is 0 Å². The summed E-state index contributed by atoms with van der Waals surface area (Å²) in [6.45, 7) is 0.562. The second-order valence-electron chi connectivity index (χ2n) is 8.04. The molecule has 0 amide bonds. The van der Waals surface area contributed by atoms with Gasteiger partial charge in [0.15, 0.2) is 0 Å². The molecule has 0 aliphatic heterocycles. The van der Waals surface area contributed by atoms with Gasteiger partial charge in [0.25, 0.3) is 0 Å². The van der Waals surface area contributed by atoms with Gasteiger partial charge in [0.05, 0.1) is 16.5 Å². The normalized spacial score (nSPS) is 13.6. The van der Waals surface area contributed by atoms with Crippen LogP contribution in [0.2, 0.25) is 0 Å². The maximum Gasteiger partial charge on any atom is 0.339 e. The quantitative estimate of drug-likeness (QED) is 0.345. The van der Waals surface area contributed by atoms with Crippen molar-refractivity contribution in [2.45, 2.75) is 31.8 Å². The van der Waals surface area contributed by atoms with Crippen LogP contribution in [-0.4, -0.2) is 33.7 Å². The summed E-state index contributed by atoms with van der Waals surface area (Å²) >= 11 is 1.40. The zero-order valence-corrected chi connectivity index (χ0v) is 18.6. The molecule has 0 saturated heterocycles. The number of halogens is 1. The Kier molecular flexibility index (Phi) is 5.92. The van der Waals surface area contributed by atoms with Gasteiger partial charge in [-0.1, -0.05) is 12.1 Å². The van der Waals surface area contributed by atoms with E-state index in [1.807, 2.05) is 23.6 Å². The molecular weight excluding hydrogens is 441 g/mol. The molecule has 2 heterocycles. The van der Waals surface area contributed by atoms with Gasteiger partial charge in [-0.2, -0.15) is 0 Å². The van der Waals surface area contributed by atoms with Gasteiger partial charge in [-0.05, 0) is 66.3 Å². The Balaban J connectivity index is 1.34. The van der Waals surface area contributed by atoms with E-state index in [1.54, 1.807) is 24.3 Å². The van der Waals surface area contributed by atoms with Crippen molar-refractivity contribution >= 4 is 33.2 Å². The number of carboxylic acid groups (broad SMARTS) is 1. The third kappa shape index (κ3) is 4.52. The standard InChI is InChI=1S/C25H22FN3O3S/c26-20-12-15(11-16-8-10-33-24(16)20)7-9-27-22-13-21(28-14-29-22)18-5-2-6-19(25(30)31)23(18)32-17-3-1-4-17/h2,5-6,8,10-14,17H,1,3-4,7,9H2,(H,30,31)(H,27,28,29). The molecule has 1 saturated carbocycles. The molecule has 1 fully saturated rings. The highest BCUT2D eigenvalue weighted by molar-refractivity contribution is 7.17. The van der Waals surface area contributed by atoms with E-state index in [0.29, 0.717) is 40.5 Å². The Bertz CT molecular complexity index is 1320. The van der Waals surface area contributed by atoms with Gasteiger partial charge in [-0.3, -0.25) is 0 Å². The molecule has 0 spiro atoms. The largest absolute Gasteiger partial charge is 0.489 e. The van der Waals surface area contributed by atoms with Crippen LogP contribution in [0.15, 0.2) is 54.2 Å². The molecule has 0 radical (unpaired) electrons. The van der Waals surface area contributed by atoms with Crippen molar-refractivity contribution in [3.05, 3.63) is 71.1 Å². The summed E-state index contributed by atoms with van der Waals surface area (Å²) in [6.07, 6.45) is 5.02. The number of para-hydroxylation sites is 1. The molecule has 1 aliphatic carbocycles. The van der Waals surface area contributed by atoms with E-state index < -0.39 is 5.97 Å². The highest BCUT2D eigenvalue weighted by Gasteiger charge is 2.25. The lowest BCUT2D eigenvalue weighted by Gasteiger charge is -2.28. The molecule has 33 heavy (non-hydrogen) atoms. The number of hydrogen-bond acceptors (Lipinski definition) is 6. The number of benzene rings is 2. The number of hydrogen-bond donors (Lipinski definition) is 2. The molecule has 2 aromatic heterocycles. The maximum atomic E-state index is 14.2. The van der Waals surface area contributed by atoms with E-state index in [2.05, 4.69) is 15.3 Å². The van der Waals surface area contributed by atoms with Gasteiger partial charge in [0, 0.05) is 18.2 Å². The number of nitrogens with zero attached hydrogens (tertiary/aromatic N) is 2. The first kappa shape index (κ1) is 21.3. The summed E-state index contributed by atoms with van der Waals surface area (Å²) in [6, 6.07) is 12.3. The van der Waals surface area contributed by atoms with Crippen molar-refractivity contribution < 1.29 is 19.0 Å². The van der Waals surface area contributed by atoms with Crippen LogP contribution in [-0.2, 0) is 6.42 Å². The molecule has 0 bridgehead atoms. The average Bonchev–Trinajstić information content (AvgIpc) is 3.25. The summed E-state index contributed by atoms with van der Waals surface area (Å²) in [4.78, 5) is 20.4. The molecule has 0 unspecified atom stereocenters. The molecule has 2 N–H and O–H groups in total. The Labute approximate surface area is 194 Å². The second kappa shape index (κ2) is 9.15. The van der Waals surface area contributed by atoms with Crippen LogP contribution in [0.4, 0.5) is 10.2 Å². The summed E-state index contributed by atoms with van der Waals surface area (Å²) in [5.41, 5.74) is 2.23. The molecule has 2 aromatic carbocycles. The number of ether oxygens (including phenoxy) is 1. The molecule has 4 aromatic rings. The highest BCUT2D eigenvalue weighted by atomic mass is 32.1. The number of nitrogens with one attached hydrogen (secondary N) is 1. The Morgan fingerprint density at radius 2 is 2.09 bits per heavy atom. The van der Waals surface area contributed by atoms with Crippen LogP contribution in [0.1, 0.15) is 35.2 Å². The number of aromatic nitrogens is 2. The van der Waals surface area contributed by atoms with E-state index >= 15 is 0 Å². The summed E-state index contributed by atoms with van der Waals surface area (Å²) in [5.74, 6) is -0.279. The highest BCUT2D eigenvalue weighted by Crippen LogP contribution is 2.36. The van der Waals surface area contributed by atoms with Crippen molar-refractivity contribution in [1.82, 2.24) is 9.97 Å². The van der Waals surface area contributed by atoms with Crippen molar-refractivity contribution in [3.8, 4) is 17.0 Å². The third-order valence-corrected chi connectivity index (χ3v) is 6.75. The van der Waals surface area contributed by atoms with Gasteiger partial charge in [0.2, 0.25) is 0 Å². The first-order valence-corrected chi connectivity index (χ1v) is 11.7. The topological polar surface area (TPSA) is 84.3 Å². The third-order valence-electron chi connectivity index (χ3n) is 5.81. The fraction of sp³-hybridized carbons (Fsp3) is 0.240. The van der Waals surface area contributed by atoms with E-state index in [0.717, 1.165) is 30.2 Å². The fourth-order valence-corrected chi connectivity index (χ4v) is 4.65. The monoisotopic (exact) mass is 463 g/mol. The van der Waals surface area contributed by atoms with E-state index in [-0.39, 0.29) is 17.5 Å².